The average Bonchev–Trinajstić information content (AvgIpc) is 3.57. The third-order valence-corrected chi connectivity index (χ3v) is 5.50. The number of rotatable bonds is 6. The van der Waals surface area contributed by atoms with E-state index in [1.165, 1.54) is 12.3 Å². The highest BCUT2D eigenvalue weighted by atomic mass is 19.1. The first kappa shape index (κ1) is 19.5. The Morgan fingerprint density at radius 1 is 1.21 bits per heavy atom. The van der Waals surface area contributed by atoms with Crippen molar-refractivity contribution in [1.82, 2.24) is 4.98 Å². The van der Waals surface area contributed by atoms with Crippen molar-refractivity contribution >= 4 is 17.7 Å². The lowest BCUT2D eigenvalue weighted by Gasteiger charge is -2.28. The molecule has 1 saturated heterocycles. The van der Waals surface area contributed by atoms with Crippen LogP contribution in [-0.2, 0) is 4.74 Å². The van der Waals surface area contributed by atoms with E-state index in [1.807, 2.05) is 36.1 Å². The first-order valence-electron chi connectivity index (χ1n) is 9.97. The van der Waals surface area contributed by atoms with E-state index >= 15 is 0 Å². The fraction of sp³-hybridized carbons (Fsp3) is 0.348. The zero-order valence-electron chi connectivity index (χ0n) is 16.5. The van der Waals surface area contributed by atoms with E-state index in [4.69, 9.17) is 15.6 Å². The molecule has 0 spiro atoms. The van der Waals surface area contributed by atoms with Crippen molar-refractivity contribution in [3.05, 3.63) is 59.1 Å². The van der Waals surface area contributed by atoms with Crippen molar-refractivity contribution in [3.63, 3.8) is 0 Å². The zero-order chi connectivity index (χ0) is 20.4. The maximum Gasteiger partial charge on any atom is 0.215 e. The molecule has 1 aromatic carbocycles. The molecule has 1 saturated carbocycles. The largest absolute Gasteiger partial charge is 0.378 e. The Morgan fingerprint density at radius 2 is 1.97 bits per heavy atom. The van der Waals surface area contributed by atoms with Gasteiger partial charge in [0.1, 0.15) is 5.82 Å². The standard InChI is InChI=1S/C23H25FN4O/c1-15-2-3-17(21(26)11-19(14-25)16-4-5-16)10-20(15)18-12-22(24)27-23(13-18)28-6-8-29-9-7-28/h2-3,10-14,16,25-26H,4-9H2,1H3/b19-11+,25-14?,26-21?. The van der Waals surface area contributed by atoms with Gasteiger partial charge in [0.05, 0.1) is 18.9 Å². The Labute approximate surface area is 170 Å². The smallest absolute Gasteiger partial charge is 0.215 e. The van der Waals surface area contributed by atoms with Crippen LogP contribution in [0.3, 0.4) is 0 Å². The molecule has 2 aromatic rings. The molecular formula is C23H25FN4O. The number of halogens is 1. The number of hydrogen-bond donors (Lipinski definition) is 2. The van der Waals surface area contributed by atoms with Gasteiger partial charge >= 0.3 is 0 Å². The van der Waals surface area contributed by atoms with E-state index in [2.05, 4.69) is 4.98 Å². The second-order valence-corrected chi connectivity index (χ2v) is 7.64. The van der Waals surface area contributed by atoms with E-state index in [0.717, 1.165) is 40.7 Å². The topological polar surface area (TPSA) is 73.1 Å². The SMILES string of the molecule is Cc1ccc(C(=N)/C=C(\C=N)C2CC2)cc1-c1cc(F)nc(N2CCOCC2)c1. The fourth-order valence-electron chi connectivity index (χ4n) is 3.64. The molecule has 0 atom stereocenters. The van der Waals surface area contributed by atoms with Gasteiger partial charge in [0.25, 0.3) is 0 Å². The second kappa shape index (κ2) is 8.25. The molecule has 6 heteroatoms. The van der Waals surface area contributed by atoms with Gasteiger partial charge in [-0.3, -0.25) is 0 Å². The predicted octanol–water partition coefficient (Wildman–Crippen LogP) is 4.39. The van der Waals surface area contributed by atoms with Crippen molar-refractivity contribution in [1.29, 1.82) is 10.8 Å². The van der Waals surface area contributed by atoms with Crippen molar-refractivity contribution in [2.24, 2.45) is 5.92 Å². The maximum atomic E-state index is 14.3. The number of nitrogens with one attached hydrogen (secondary N) is 2. The first-order chi connectivity index (χ1) is 14.0. The van der Waals surface area contributed by atoms with Gasteiger partial charge in [-0.2, -0.15) is 4.39 Å². The minimum Gasteiger partial charge on any atom is -0.378 e. The Hall–Kier alpha value is -2.86. The number of aromatic nitrogens is 1. The van der Waals surface area contributed by atoms with E-state index < -0.39 is 5.95 Å². The van der Waals surface area contributed by atoms with Crippen molar-refractivity contribution in [2.75, 3.05) is 31.2 Å². The van der Waals surface area contributed by atoms with Crippen molar-refractivity contribution < 1.29 is 9.13 Å². The van der Waals surface area contributed by atoms with Gasteiger partial charge in [-0.1, -0.05) is 12.1 Å². The monoisotopic (exact) mass is 392 g/mol. The summed E-state index contributed by atoms with van der Waals surface area (Å²) in [5.74, 6) is 0.523. The molecule has 0 amide bonds. The van der Waals surface area contributed by atoms with Crippen LogP contribution in [0.15, 0.2) is 42.0 Å². The molecule has 0 radical (unpaired) electrons. The van der Waals surface area contributed by atoms with Gasteiger partial charge in [-0.05, 0) is 66.2 Å². The summed E-state index contributed by atoms with van der Waals surface area (Å²) < 4.78 is 19.7. The Kier molecular flexibility index (Phi) is 5.53. The van der Waals surface area contributed by atoms with Crippen LogP contribution >= 0.6 is 0 Å². The van der Waals surface area contributed by atoms with E-state index in [-0.39, 0.29) is 0 Å². The summed E-state index contributed by atoms with van der Waals surface area (Å²) in [4.78, 5) is 6.11. The summed E-state index contributed by atoms with van der Waals surface area (Å²) in [7, 11) is 0. The highest BCUT2D eigenvalue weighted by Crippen LogP contribution is 2.36. The van der Waals surface area contributed by atoms with Gasteiger partial charge < -0.3 is 20.5 Å². The summed E-state index contributed by atoms with van der Waals surface area (Å²) in [6.07, 6.45) is 5.32. The number of anilines is 1. The molecule has 2 heterocycles. The summed E-state index contributed by atoms with van der Waals surface area (Å²) in [6.45, 7) is 4.60. The normalized spacial score (nSPS) is 17.3. The molecule has 5 nitrogen and oxygen atoms in total. The Morgan fingerprint density at radius 3 is 2.66 bits per heavy atom. The number of aryl methyl sites for hydroxylation is 1. The lowest BCUT2D eigenvalue weighted by molar-refractivity contribution is 0.122. The fourth-order valence-corrected chi connectivity index (χ4v) is 3.64. The highest BCUT2D eigenvalue weighted by molar-refractivity contribution is 6.09. The number of benzene rings is 1. The molecule has 2 aliphatic rings. The minimum absolute atomic E-state index is 0.375. The van der Waals surface area contributed by atoms with E-state index in [0.29, 0.717) is 43.8 Å². The third-order valence-electron chi connectivity index (χ3n) is 5.50. The van der Waals surface area contributed by atoms with Crippen LogP contribution in [0.25, 0.3) is 11.1 Å². The number of ether oxygens (including phenoxy) is 1. The predicted molar refractivity (Wildman–Crippen MR) is 114 cm³/mol. The number of nitrogens with zero attached hydrogens (tertiary/aromatic N) is 2. The summed E-state index contributed by atoms with van der Waals surface area (Å²) in [5, 5.41) is 16.1. The molecule has 150 valence electrons. The molecule has 2 N–H and O–H groups in total. The lowest BCUT2D eigenvalue weighted by Crippen LogP contribution is -2.36. The third kappa shape index (κ3) is 4.43. The number of pyridine rings is 1. The van der Waals surface area contributed by atoms with Gasteiger partial charge in [0, 0.05) is 30.9 Å². The van der Waals surface area contributed by atoms with Crippen LogP contribution < -0.4 is 4.90 Å². The number of morpholine rings is 1. The molecule has 0 unspecified atom stereocenters. The first-order valence-corrected chi connectivity index (χ1v) is 9.97. The van der Waals surface area contributed by atoms with Gasteiger partial charge in [-0.15, -0.1) is 0 Å². The van der Waals surface area contributed by atoms with Crippen LogP contribution in [0.4, 0.5) is 10.2 Å². The molecule has 1 aromatic heterocycles. The van der Waals surface area contributed by atoms with Crippen LogP contribution in [0, 0.1) is 29.6 Å². The summed E-state index contributed by atoms with van der Waals surface area (Å²) in [5.41, 5.74) is 4.69. The summed E-state index contributed by atoms with van der Waals surface area (Å²) in [6, 6.07) is 9.16. The number of allylic oxidation sites excluding steroid dienone is 2. The summed E-state index contributed by atoms with van der Waals surface area (Å²) >= 11 is 0. The Bertz CT molecular complexity index is 975. The molecule has 1 aliphatic carbocycles. The number of hydrogen-bond acceptors (Lipinski definition) is 5. The van der Waals surface area contributed by atoms with Crippen LogP contribution in [-0.4, -0.2) is 43.2 Å². The van der Waals surface area contributed by atoms with Gasteiger partial charge in [0.15, 0.2) is 0 Å². The van der Waals surface area contributed by atoms with E-state index in [9.17, 15) is 4.39 Å². The zero-order valence-corrected chi connectivity index (χ0v) is 16.5. The van der Waals surface area contributed by atoms with Crippen molar-refractivity contribution in [2.45, 2.75) is 19.8 Å². The Balaban J connectivity index is 1.68. The van der Waals surface area contributed by atoms with Crippen LogP contribution in [0.1, 0.15) is 24.0 Å². The van der Waals surface area contributed by atoms with Crippen LogP contribution in [0.5, 0.6) is 0 Å². The van der Waals surface area contributed by atoms with E-state index in [1.54, 1.807) is 6.08 Å². The molecule has 0 bridgehead atoms. The van der Waals surface area contributed by atoms with Gasteiger partial charge in [-0.25, -0.2) is 4.98 Å². The molecule has 1 aliphatic heterocycles. The average molecular weight is 392 g/mol. The van der Waals surface area contributed by atoms with Crippen LogP contribution in [0.2, 0.25) is 0 Å². The molecule has 2 fully saturated rings. The lowest BCUT2D eigenvalue weighted by atomic mass is 9.96. The maximum absolute atomic E-state index is 14.3. The van der Waals surface area contributed by atoms with Gasteiger partial charge in [0.2, 0.25) is 5.95 Å². The minimum atomic E-state index is -0.511. The highest BCUT2D eigenvalue weighted by Gasteiger charge is 2.25. The quantitative estimate of drug-likeness (QED) is 0.566. The molecule has 4 rings (SSSR count). The molecule has 29 heavy (non-hydrogen) atoms. The second-order valence-electron chi connectivity index (χ2n) is 7.64. The molecular weight excluding hydrogens is 367 g/mol. The van der Waals surface area contributed by atoms with Crippen molar-refractivity contribution in [3.8, 4) is 11.1 Å².